The number of carbonyl (C=O) groups is 1. The van der Waals surface area contributed by atoms with E-state index in [1.54, 1.807) is 0 Å². The number of carboxylic acids is 1. The molecule has 0 amide bonds. The van der Waals surface area contributed by atoms with Crippen molar-refractivity contribution >= 4 is 39.0 Å². The molecule has 2 aromatic carbocycles. The van der Waals surface area contributed by atoms with E-state index in [1.807, 2.05) is 54.6 Å². The molecule has 0 saturated carbocycles. The van der Waals surface area contributed by atoms with E-state index in [1.165, 1.54) is 11.3 Å². The normalized spacial score (nSPS) is 13.8. The first-order chi connectivity index (χ1) is 11.6. The summed E-state index contributed by atoms with van der Waals surface area (Å²) < 4.78 is 0.952. The third-order valence-electron chi connectivity index (χ3n) is 3.75. The maximum atomic E-state index is 11.5. The van der Waals surface area contributed by atoms with Crippen LogP contribution in [0.5, 0.6) is 0 Å². The number of hydrogen-bond acceptors (Lipinski definition) is 4. The summed E-state index contributed by atoms with van der Waals surface area (Å²) in [5, 5.41) is 24.0. The van der Waals surface area contributed by atoms with E-state index in [-0.39, 0.29) is 6.42 Å². The number of hydrogen-bond donors (Lipinski definition) is 3. The second kappa shape index (κ2) is 7.32. The maximum Gasteiger partial charge on any atom is 0.321 e. The number of aliphatic hydroxyl groups is 1. The Kier molecular flexibility index (Phi) is 5.16. The first kappa shape index (κ1) is 16.9. The Morgan fingerprint density at radius 3 is 2.46 bits per heavy atom. The van der Waals surface area contributed by atoms with E-state index < -0.39 is 18.2 Å². The minimum absolute atomic E-state index is 0.274. The molecule has 24 heavy (non-hydrogen) atoms. The van der Waals surface area contributed by atoms with Gasteiger partial charge in [-0.2, -0.15) is 0 Å². The predicted molar refractivity (Wildman–Crippen MR) is 96.5 cm³/mol. The highest BCUT2D eigenvalue weighted by Crippen LogP contribution is 2.38. The number of halogens is 1. The third-order valence-corrected chi connectivity index (χ3v) is 5.49. The minimum atomic E-state index is -1.14. The van der Waals surface area contributed by atoms with Crippen molar-refractivity contribution in [3.05, 3.63) is 70.1 Å². The number of fused-ring (bicyclic) bond motifs is 1. The van der Waals surface area contributed by atoms with E-state index in [0.29, 0.717) is 9.90 Å². The molecule has 0 aliphatic rings. The molecular weight excluding hydrogens is 346 g/mol. The van der Waals surface area contributed by atoms with Crippen molar-refractivity contribution in [1.29, 1.82) is 0 Å². The van der Waals surface area contributed by atoms with Gasteiger partial charge < -0.3 is 10.2 Å². The van der Waals surface area contributed by atoms with Gasteiger partial charge in [0, 0.05) is 10.1 Å². The van der Waals surface area contributed by atoms with Crippen LogP contribution in [0.15, 0.2) is 54.6 Å². The summed E-state index contributed by atoms with van der Waals surface area (Å²) >= 11 is 7.69. The third kappa shape index (κ3) is 3.60. The SMILES string of the molecule is O=C(O)[C@H](Cc1ccccc1)NC(O)c1sc2ccccc2c1Cl. The zero-order chi connectivity index (χ0) is 17.1. The van der Waals surface area contributed by atoms with Gasteiger partial charge in [0.25, 0.3) is 0 Å². The van der Waals surface area contributed by atoms with Crippen molar-refractivity contribution in [2.75, 3.05) is 0 Å². The van der Waals surface area contributed by atoms with Gasteiger partial charge in [-0.1, -0.05) is 60.1 Å². The summed E-state index contributed by atoms with van der Waals surface area (Å²) in [5.41, 5.74) is 0.882. The number of benzene rings is 2. The Hall–Kier alpha value is -1.92. The van der Waals surface area contributed by atoms with E-state index in [4.69, 9.17) is 11.6 Å². The van der Waals surface area contributed by atoms with E-state index in [9.17, 15) is 15.0 Å². The lowest BCUT2D eigenvalue weighted by atomic mass is 10.1. The van der Waals surface area contributed by atoms with Crippen LogP contribution in [0.2, 0.25) is 5.02 Å². The Morgan fingerprint density at radius 1 is 1.12 bits per heavy atom. The second-order valence-electron chi connectivity index (χ2n) is 5.43. The maximum absolute atomic E-state index is 11.5. The van der Waals surface area contributed by atoms with E-state index >= 15 is 0 Å². The van der Waals surface area contributed by atoms with Crippen molar-refractivity contribution in [3.63, 3.8) is 0 Å². The average Bonchev–Trinajstić information content (AvgIpc) is 2.92. The van der Waals surface area contributed by atoms with Gasteiger partial charge in [-0.05, 0) is 18.1 Å². The van der Waals surface area contributed by atoms with Gasteiger partial charge in [-0.15, -0.1) is 11.3 Å². The van der Waals surface area contributed by atoms with Gasteiger partial charge in [-0.3, -0.25) is 10.1 Å². The Labute approximate surface area is 148 Å². The molecule has 0 saturated heterocycles. The van der Waals surface area contributed by atoms with Gasteiger partial charge in [-0.25, -0.2) is 0 Å². The van der Waals surface area contributed by atoms with Crippen molar-refractivity contribution in [2.45, 2.75) is 18.7 Å². The molecule has 0 bridgehead atoms. The quantitative estimate of drug-likeness (QED) is 0.583. The average molecular weight is 362 g/mol. The molecule has 1 unspecified atom stereocenters. The molecule has 0 aliphatic carbocycles. The smallest absolute Gasteiger partial charge is 0.321 e. The van der Waals surface area contributed by atoms with Crippen LogP contribution in [0, 0.1) is 0 Å². The summed E-state index contributed by atoms with van der Waals surface area (Å²) in [5.74, 6) is -1.02. The molecular formula is C18H16ClNO3S. The molecule has 1 heterocycles. The number of carboxylic acid groups (broad SMARTS) is 1. The van der Waals surface area contributed by atoms with Crippen molar-refractivity contribution in [2.24, 2.45) is 0 Å². The Bertz CT molecular complexity index is 850. The van der Waals surface area contributed by atoms with Crippen molar-refractivity contribution in [1.82, 2.24) is 5.32 Å². The van der Waals surface area contributed by atoms with Crippen LogP contribution in [0.25, 0.3) is 10.1 Å². The zero-order valence-corrected chi connectivity index (χ0v) is 14.2. The van der Waals surface area contributed by atoms with Crippen LogP contribution in [0.4, 0.5) is 0 Å². The fourth-order valence-electron chi connectivity index (χ4n) is 2.54. The van der Waals surface area contributed by atoms with Crippen LogP contribution in [0.1, 0.15) is 16.7 Å². The Morgan fingerprint density at radius 2 is 1.79 bits per heavy atom. The molecule has 0 aliphatic heterocycles. The number of aliphatic carboxylic acids is 1. The summed E-state index contributed by atoms with van der Waals surface area (Å²) in [4.78, 5) is 12.0. The molecule has 0 spiro atoms. The van der Waals surface area contributed by atoms with E-state index in [2.05, 4.69) is 5.32 Å². The number of rotatable bonds is 6. The first-order valence-electron chi connectivity index (χ1n) is 7.44. The fourth-order valence-corrected chi connectivity index (χ4v) is 4.03. The minimum Gasteiger partial charge on any atom is -0.480 e. The highest BCUT2D eigenvalue weighted by molar-refractivity contribution is 7.19. The summed E-state index contributed by atoms with van der Waals surface area (Å²) in [6.45, 7) is 0. The topological polar surface area (TPSA) is 69.6 Å². The first-order valence-corrected chi connectivity index (χ1v) is 8.63. The molecule has 2 atom stereocenters. The molecule has 4 nitrogen and oxygen atoms in total. The Balaban J connectivity index is 1.81. The van der Waals surface area contributed by atoms with Gasteiger partial charge in [0.2, 0.25) is 0 Å². The highest BCUT2D eigenvalue weighted by Gasteiger charge is 2.24. The summed E-state index contributed by atoms with van der Waals surface area (Å²) in [7, 11) is 0. The van der Waals surface area contributed by atoms with Gasteiger partial charge >= 0.3 is 5.97 Å². The van der Waals surface area contributed by atoms with Gasteiger partial charge in [0.15, 0.2) is 0 Å². The van der Waals surface area contributed by atoms with Crippen molar-refractivity contribution < 1.29 is 15.0 Å². The van der Waals surface area contributed by atoms with Crippen molar-refractivity contribution in [3.8, 4) is 0 Å². The van der Waals surface area contributed by atoms with Gasteiger partial charge in [0.05, 0.1) is 9.90 Å². The molecule has 124 valence electrons. The van der Waals surface area contributed by atoms with Crippen LogP contribution in [-0.2, 0) is 11.2 Å². The lowest BCUT2D eigenvalue weighted by Crippen LogP contribution is -2.40. The van der Waals surface area contributed by atoms with Crippen LogP contribution in [-0.4, -0.2) is 22.2 Å². The summed E-state index contributed by atoms with van der Waals surface area (Å²) in [6.07, 6.45) is -0.866. The zero-order valence-electron chi connectivity index (χ0n) is 12.6. The lowest BCUT2D eigenvalue weighted by Gasteiger charge is -2.19. The fraction of sp³-hybridized carbons (Fsp3) is 0.167. The molecule has 1 aromatic heterocycles. The summed E-state index contributed by atoms with van der Waals surface area (Å²) in [6, 6.07) is 16.0. The second-order valence-corrected chi connectivity index (χ2v) is 6.89. The number of thiophene rings is 1. The molecule has 0 fully saturated rings. The molecule has 0 radical (unpaired) electrons. The van der Waals surface area contributed by atoms with Crippen LogP contribution in [0.3, 0.4) is 0 Å². The molecule has 3 N–H and O–H groups in total. The van der Waals surface area contributed by atoms with Crippen LogP contribution < -0.4 is 5.32 Å². The van der Waals surface area contributed by atoms with E-state index in [0.717, 1.165) is 15.6 Å². The molecule has 6 heteroatoms. The highest BCUT2D eigenvalue weighted by atomic mass is 35.5. The lowest BCUT2D eigenvalue weighted by molar-refractivity contribution is -0.140. The largest absolute Gasteiger partial charge is 0.480 e. The molecule has 3 aromatic rings. The van der Waals surface area contributed by atoms with Gasteiger partial charge in [0.1, 0.15) is 12.3 Å². The molecule has 3 rings (SSSR count). The van der Waals surface area contributed by atoms with Crippen LogP contribution >= 0.6 is 22.9 Å². The predicted octanol–water partition coefficient (Wildman–Crippen LogP) is 3.83. The number of aliphatic hydroxyl groups excluding tert-OH is 1. The monoisotopic (exact) mass is 361 g/mol. The number of nitrogens with one attached hydrogen (secondary N) is 1. The standard InChI is InChI=1S/C18H16ClNO3S/c19-15-12-8-4-5-9-14(12)24-16(15)17(21)20-13(18(22)23)10-11-6-2-1-3-7-11/h1-9,13,17,20-21H,10H2,(H,22,23)/t13-,17?/m0/s1.